The molecule has 1 aliphatic carbocycles. The van der Waals surface area contributed by atoms with Crippen LogP contribution in [0.2, 0.25) is 0 Å². The summed E-state index contributed by atoms with van der Waals surface area (Å²) in [6.07, 6.45) is 7.52. The molecule has 1 saturated heterocycles. The van der Waals surface area contributed by atoms with E-state index in [1.165, 1.54) is 0 Å². The zero-order chi connectivity index (χ0) is 17.1. The van der Waals surface area contributed by atoms with Gasteiger partial charge in [-0.15, -0.1) is 10.3 Å². The van der Waals surface area contributed by atoms with Crippen molar-refractivity contribution >= 4 is 26.7 Å². The van der Waals surface area contributed by atoms with Gasteiger partial charge in [-0.3, -0.25) is 0 Å². The molecular formula is C14H23F3O4S2. The van der Waals surface area contributed by atoms with Crippen LogP contribution >= 0.6 is 10.3 Å². The lowest BCUT2D eigenvalue weighted by Crippen LogP contribution is -2.40. The van der Waals surface area contributed by atoms with Crippen molar-refractivity contribution in [2.45, 2.75) is 62.1 Å². The standard InChI is InChI=1S/C14H23F3O4S2/c15-14(16,17)23(19,20)21-22(11-9-18)10-5-4-8-13(22)12-6-2-1-3-7-12/h9,12-13H,1-8,10-11H2. The first-order valence-electron chi connectivity index (χ1n) is 7.95. The Morgan fingerprint density at radius 1 is 1.04 bits per heavy atom. The Morgan fingerprint density at radius 3 is 2.22 bits per heavy atom. The summed E-state index contributed by atoms with van der Waals surface area (Å²) in [5.41, 5.74) is -5.44. The first-order chi connectivity index (χ1) is 10.7. The van der Waals surface area contributed by atoms with Gasteiger partial charge in [-0.2, -0.15) is 21.6 Å². The van der Waals surface area contributed by atoms with Gasteiger partial charge in [-0.1, -0.05) is 25.7 Å². The lowest BCUT2D eigenvalue weighted by molar-refractivity contribution is -0.105. The molecule has 0 N–H and O–H groups in total. The van der Waals surface area contributed by atoms with Crippen molar-refractivity contribution in [3.8, 4) is 0 Å². The summed E-state index contributed by atoms with van der Waals surface area (Å²) < 4.78 is 66.3. The van der Waals surface area contributed by atoms with Gasteiger partial charge in [0.1, 0.15) is 6.29 Å². The molecule has 2 unspecified atom stereocenters. The number of alkyl halides is 3. The van der Waals surface area contributed by atoms with Crippen LogP contribution in [0.25, 0.3) is 0 Å². The maximum absolute atomic E-state index is 12.8. The molecular weight excluding hydrogens is 353 g/mol. The topological polar surface area (TPSA) is 60.4 Å². The molecule has 136 valence electrons. The van der Waals surface area contributed by atoms with Crippen LogP contribution in [-0.2, 0) is 18.5 Å². The van der Waals surface area contributed by atoms with Gasteiger partial charge >= 0.3 is 15.6 Å². The van der Waals surface area contributed by atoms with Crippen molar-refractivity contribution in [3.63, 3.8) is 0 Å². The zero-order valence-electron chi connectivity index (χ0n) is 12.9. The summed E-state index contributed by atoms with van der Waals surface area (Å²) in [7, 11) is -8.28. The van der Waals surface area contributed by atoms with Crippen LogP contribution in [0.3, 0.4) is 0 Å². The van der Waals surface area contributed by atoms with Crippen LogP contribution in [0.4, 0.5) is 13.2 Å². The normalized spacial score (nSPS) is 33.8. The van der Waals surface area contributed by atoms with E-state index in [-0.39, 0.29) is 22.7 Å². The highest BCUT2D eigenvalue weighted by molar-refractivity contribution is 8.33. The first-order valence-corrected chi connectivity index (χ1v) is 11.3. The molecule has 0 aromatic heterocycles. The molecule has 1 aliphatic heterocycles. The third-order valence-corrected chi connectivity index (χ3v) is 10.6. The average Bonchev–Trinajstić information content (AvgIpc) is 2.47. The van der Waals surface area contributed by atoms with E-state index >= 15 is 0 Å². The maximum atomic E-state index is 12.8. The Balaban J connectivity index is 2.32. The van der Waals surface area contributed by atoms with Crippen molar-refractivity contribution in [1.82, 2.24) is 0 Å². The molecule has 0 spiro atoms. The monoisotopic (exact) mass is 376 g/mol. The minimum Gasteiger partial charge on any atom is -0.302 e. The largest absolute Gasteiger partial charge is 0.523 e. The molecule has 9 heteroatoms. The Bertz CT molecular complexity index is 515. The van der Waals surface area contributed by atoms with E-state index in [2.05, 4.69) is 0 Å². The molecule has 2 rings (SSSR count). The highest BCUT2D eigenvalue weighted by atomic mass is 32.3. The number of hydrogen-bond acceptors (Lipinski definition) is 4. The summed E-state index contributed by atoms with van der Waals surface area (Å²) in [6.45, 7) is 0. The molecule has 0 aromatic rings. The van der Waals surface area contributed by atoms with Crippen molar-refractivity contribution in [2.75, 3.05) is 11.5 Å². The molecule has 1 heterocycles. The highest BCUT2D eigenvalue weighted by Gasteiger charge is 2.53. The molecule has 0 amide bonds. The third-order valence-electron chi connectivity index (χ3n) is 4.81. The third kappa shape index (κ3) is 4.22. The molecule has 2 fully saturated rings. The lowest BCUT2D eigenvalue weighted by Gasteiger charge is -2.50. The molecule has 1 saturated carbocycles. The molecule has 2 aliphatic rings. The first kappa shape index (κ1) is 19.1. The molecule has 4 nitrogen and oxygen atoms in total. The van der Waals surface area contributed by atoms with Gasteiger partial charge in [-0.25, -0.2) is 3.63 Å². The van der Waals surface area contributed by atoms with Crippen LogP contribution in [0.1, 0.15) is 51.4 Å². The number of carbonyl (C=O) groups is 1. The fraction of sp³-hybridized carbons (Fsp3) is 0.929. The second-order valence-electron chi connectivity index (χ2n) is 6.31. The Labute approximate surface area is 136 Å². The summed E-state index contributed by atoms with van der Waals surface area (Å²) in [6, 6.07) is 0. The number of hydrogen-bond donors (Lipinski definition) is 0. The van der Waals surface area contributed by atoms with Gasteiger partial charge in [0.15, 0.2) is 0 Å². The zero-order valence-corrected chi connectivity index (χ0v) is 14.5. The summed E-state index contributed by atoms with van der Waals surface area (Å²) in [5.74, 6) is 0.216. The molecule has 2 atom stereocenters. The minimum absolute atomic E-state index is 0.169. The van der Waals surface area contributed by atoms with Crippen LogP contribution < -0.4 is 0 Å². The predicted octanol–water partition coefficient (Wildman–Crippen LogP) is 3.90. The Kier molecular flexibility index (Phi) is 6.05. The van der Waals surface area contributed by atoms with Gasteiger partial charge < -0.3 is 4.79 Å². The van der Waals surface area contributed by atoms with Crippen molar-refractivity contribution in [2.24, 2.45) is 5.92 Å². The fourth-order valence-corrected chi connectivity index (χ4v) is 9.65. The Morgan fingerprint density at radius 2 is 1.65 bits per heavy atom. The molecule has 23 heavy (non-hydrogen) atoms. The minimum atomic E-state index is -5.67. The summed E-state index contributed by atoms with van der Waals surface area (Å²) in [5, 5.41) is -0.223. The summed E-state index contributed by atoms with van der Waals surface area (Å²) >= 11 is 0. The summed E-state index contributed by atoms with van der Waals surface area (Å²) in [4.78, 5) is 11.1. The second kappa shape index (κ2) is 7.31. The van der Waals surface area contributed by atoms with Gasteiger partial charge in [-0.05, 0) is 31.6 Å². The quantitative estimate of drug-likeness (QED) is 0.539. The molecule has 0 bridgehead atoms. The van der Waals surface area contributed by atoms with E-state index in [0.29, 0.717) is 19.1 Å². The highest BCUT2D eigenvalue weighted by Crippen LogP contribution is 2.63. The van der Waals surface area contributed by atoms with E-state index in [0.717, 1.165) is 38.5 Å². The van der Waals surface area contributed by atoms with E-state index in [1.54, 1.807) is 0 Å². The van der Waals surface area contributed by atoms with Gasteiger partial charge in [0.05, 0.1) is 5.75 Å². The van der Waals surface area contributed by atoms with Crippen LogP contribution in [0, 0.1) is 5.92 Å². The van der Waals surface area contributed by atoms with Crippen LogP contribution in [-0.4, -0.2) is 37.0 Å². The number of carbonyl (C=O) groups excluding carboxylic acids is 1. The fourth-order valence-electron chi connectivity index (χ4n) is 3.80. The Hall–Kier alpha value is -0.280. The van der Waals surface area contributed by atoms with E-state index in [1.807, 2.05) is 0 Å². The van der Waals surface area contributed by atoms with E-state index < -0.39 is 25.9 Å². The SMILES string of the molecule is O=CCS1(OS(=O)(=O)C(F)(F)F)CCCCC1C1CCCCC1. The second-order valence-corrected chi connectivity index (χ2v) is 11.3. The van der Waals surface area contributed by atoms with Crippen LogP contribution in [0.5, 0.6) is 0 Å². The van der Waals surface area contributed by atoms with Crippen molar-refractivity contribution in [3.05, 3.63) is 0 Å². The lowest BCUT2D eigenvalue weighted by atomic mass is 9.85. The smallest absolute Gasteiger partial charge is 0.302 e. The number of rotatable bonds is 5. The van der Waals surface area contributed by atoms with E-state index in [9.17, 15) is 26.4 Å². The van der Waals surface area contributed by atoms with Gasteiger partial charge in [0.25, 0.3) is 0 Å². The predicted molar refractivity (Wildman–Crippen MR) is 83.7 cm³/mol. The molecule has 0 radical (unpaired) electrons. The number of halogens is 3. The average molecular weight is 376 g/mol. The van der Waals surface area contributed by atoms with Crippen molar-refractivity contribution < 1.29 is 30.0 Å². The van der Waals surface area contributed by atoms with Gasteiger partial charge in [0, 0.05) is 11.0 Å². The van der Waals surface area contributed by atoms with Crippen molar-refractivity contribution in [1.29, 1.82) is 0 Å². The van der Waals surface area contributed by atoms with E-state index in [4.69, 9.17) is 3.63 Å². The number of aldehydes is 1. The molecule has 0 aromatic carbocycles. The van der Waals surface area contributed by atoms with Gasteiger partial charge in [0.2, 0.25) is 0 Å². The maximum Gasteiger partial charge on any atom is 0.523 e. The van der Waals surface area contributed by atoms with Crippen LogP contribution in [0.15, 0.2) is 0 Å².